The van der Waals surface area contributed by atoms with Crippen LogP contribution in [0.25, 0.3) is 88.2 Å². The summed E-state index contributed by atoms with van der Waals surface area (Å²) in [6.45, 7) is 9.02. The maximum atomic E-state index is 5.54. The maximum absolute atomic E-state index is 5.54. The van der Waals surface area contributed by atoms with Crippen molar-refractivity contribution in [1.82, 2.24) is 9.97 Å². The number of nitrogens with zero attached hydrogens (tertiary/aromatic N) is 3. The number of aromatic nitrogens is 2. The van der Waals surface area contributed by atoms with Gasteiger partial charge in [-0.05, 0) is 114 Å². The van der Waals surface area contributed by atoms with Crippen molar-refractivity contribution in [2.24, 2.45) is 0 Å². The minimum Gasteiger partial charge on any atom is -0.306 e. The summed E-state index contributed by atoms with van der Waals surface area (Å²) in [5.41, 5.74) is 18.0. The van der Waals surface area contributed by atoms with Crippen molar-refractivity contribution in [3.05, 3.63) is 235 Å². The van der Waals surface area contributed by atoms with Gasteiger partial charge in [-0.2, -0.15) is 0 Å². The van der Waals surface area contributed by atoms with Crippen LogP contribution in [0.15, 0.2) is 212 Å². The van der Waals surface area contributed by atoms with Gasteiger partial charge in [0.15, 0.2) is 5.82 Å². The van der Waals surface area contributed by atoms with Gasteiger partial charge in [0.25, 0.3) is 0 Å². The average Bonchev–Trinajstić information content (AvgIpc) is 3.36. The van der Waals surface area contributed by atoms with E-state index in [9.17, 15) is 0 Å². The second-order valence-electron chi connectivity index (χ2n) is 18.2. The number of hydrogen-bond donors (Lipinski definition) is 0. The van der Waals surface area contributed by atoms with Gasteiger partial charge in [-0.25, -0.2) is 9.97 Å². The fourth-order valence-electron chi connectivity index (χ4n) is 10.7. The fourth-order valence-corrected chi connectivity index (χ4v) is 10.7. The third kappa shape index (κ3) is 6.34. The topological polar surface area (TPSA) is 29.0 Å². The van der Waals surface area contributed by atoms with Crippen molar-refractivity contribution in [2.45, 2.75) is 33.1 Å². The van der Waals surface area contributed by atoms with Crippen LogP contribution in [-0.4, -0.2) is 9.97 Å². The molecule has 0 unspecified atom stereocenters. The fraction of sp³-hybridized carbons (Fsp3) is 0.0794. The molecule has 3 heteroatoms. The highest BCUT2D eigenvalue weighted by atomic mass is 15.2. The van der Waals surface area contributed by atoms with Crippen molar-refractivity contribution in [2.75, 3.05) is 4.90 Å². The summed E-state index contributed by atoms with van der Waals surface area (Å²) in [5, 5.41) is 7.12. The van der Waals surface area contributed by atoms with Crippen LogP contribution in [0.3, 0.4) is 0 Å². The zero-order chi connectivity index (χ0) is 44.5. The van der Waals surface area contributed by atoms with Gasteiger partial charge in [-0.15, -0.1) is 0 Å². The van der Waals surface area contributed by atoms with Gasteiger partial charge in [0.1, 0.15) is 0 Å². The first kappa shape index (κ1) is 39.5. The lowest BCUT2D eigenvalue weighted by Gasteiger charge is -2.43. The van der Waals surface area contributed by atoms with E-state index in [1.54, 1.807) is 0 Å². The molecule has 0 saturated carbocycles. The molecule has 66 heavy (non-hydrogen) atoms. The molecule has 0 amide bonds. The minimum absolute atomic E-state index is 0.260. The number of fused-ring (bicyclic) bond motifs is 5. The molecular formula is C63H47N3. The standard InChI is InChI=1S/C63H47N3/c1-40-61(66-57-38-47(42-18-7-5-8-19-42)34-36-55(57)63(3,4)56-37-35-48(39-58(56)66)43-20-9-6-10-21-43)41(2)65-62(64-40)60-53-27-15-13-25-51(53)59(52-26-14-16-28-54(52)60)46-32-30-45(31-33-46)50-29-17-23-44-22-11-12-24-49(44)50/h5-39H,1-4H3. The second-order valence-corrected chi connectivity index (χ2v) is 18.2. The zero-order valence-corrected chi connectivity index (χ0v) is 37.5. The second kappa shape index (κ2) is 15.5. The van der Waals surface area contributed by atoms with Gasteiger partial charge in [0.2, 0.25) is 0 Å². The Morgan fingerprint density at radius 2 is 0.788 bits per heavy atom. The SMILES string of the molecule is Cc1nc(-c2c3ccccc3c(-c3ccc(-c4cccc5ccccc45)cc3)c3ccccc23)nc(C)c1N1c2cc(-c3ccccc3)ccc2C(C)(C)c2ccc(-c3ccccc3)cc21. The van der Waals surface area contributed by atoms with E-state index < -0.39 is 0 Å². The molecule has 0 aliphatic carbocycles. The molecule has 0 radical (unpaired) electrons. The van der Waals surface area contributed by atoms with Gasteiger partial charge in [0, 0.05) is 11.0 Å². The zero-order valence-electron chi connectivity index (χ0n) is 37.5. The molecule has 0 bridgehead atoms. The average molecular weight is 846 g/mol. The van der Waals surface area contributed by atoms with Crippen LogP contribution < -0.4 is 4.90 Å². The van der Waals surface area contributed by atoms with E-state index in [1.807, 2.05) is 0 Å². The monoisotopic (exact) mass is 845 g/mol. The normalized spacial score (nSPS) is 12.9. The summed E-state index contributed by atoms with van der Waals surface area (Å²) in [7, 11) is 0. The summed E-state index contributed by atoms with van der Waals surface area (Å²) >= 11 is 0. The lowest BCUT2D eigenvalue weighted by molar-refractivity contribution is 0.631. The van der Waals surface area contributed by atoms with Crippen LogP contribution in [-0.2, 0) is 5.41 Å². The Balaban J connectivity index is 1.04. The van der Waals surface area contributed by atoms with Gasteiger partial charge >= 0.3 is 0 Å². The molecule has 1 aliphatic rings. The largest absolute Gasteiger partial charge is 0.306 e. The first-order valence-electron chi connectivity index (χ1n) is 22.9. The van der Waals surface area contributed by atoms with E-state index in [0.717, 1.165) is 50.6 Å². The Kier molecular flexibility index (Phi) is 9.29. The van der Waals surface area contributed by atoms with E-state index >= 15 is 0 Å². The van der Waals surface area contributed by atoms with E-state index in [1.165, 1.54) is 77.2 Å². The Bertz CT molecular complexity index is 3500. The smallest absolute Gasteiger partial charge is 0.161 e. The summed E-state index contributed by atoms with van der Waals surface area (Å²) in [4.78, 5) is 13.5. The van der Waals surface area contributed by atoms with Gasteiger partial charge in [0.05, 0.1) is 28.5 Å². The van der Waals surface area contributed by atoms with E-state index in [4.69, 9.17) is 9.97 Å². The molecular weight excluding hydrogens is 799 g/mol. The highest BCUT2D eigenvalue weighted by Gasteiger charge is 2.39. The third-order valence-corrected chi connectivity index (χ3v) is 13.9. The van der Waals surface area contributed by atoms with Crippen LogP contribution in [0, 0.1) is 13.8 Å². The molecule has 0 spiro atoms. The number of rotatable bonds is 6. The molecule has 1 aromatic heterocycles. The third-order valence-electron chi connectivity index (χ3n) is 13.9. The van der Waals surface area contributed by atoms with Crippen molar-refractivity contribution < 1.29 is 0 Å². The van der Waals surface area contributed by atoms with E-state index in [0.29, 0.717) is 0 Å². The number of aryl methyl sites for hydroxylation is 2. The van der Waals surface area contributed by atoms with Crippen LogP contribution in [0.5, 0.6) is 0 Å². The van der Waals surface area contributed by atoms with Crippen molar-refractivity contribution in [1.29, 1.82) is 0 Å². The molecule has 0 atom stereocenters. The lowest BCUT2D eigenvalue weighted by atomic mass is 9.72. The molecule has 0 fully saturated rings. The van der Waals surface area contributed by atoms with Gasteiger partial charge in [-0.1, -0.05) is 214 Å². The van der Waals surface area contributed by atoms with Crippen LogP contribution in [0.4, 0.5) is 17.1 Å². The predicted octanol–water partition coefficient (Wildman–Crippen LogP) is 17.0. The van der Waals surface area contributed by atoms with Crippen LogP contribution >= 0.6 is 0 Å². The summed E-state index contributed by atoms with van der Waals surface area (Å²) < 4.78 is 0. The number of benzene rings is 10. The number of hydrogen-bond acceptors (Lipinski definition) is 3. The van der Waals surface area contributed by atoms with Crippen LogP contribution in [0.2, 0.25) is 0 Å². The van der Waals surface area contributed by atoms with Crippen molar-refractivity contribution >= 4 is 49.4 Å². The molecule has 0 N–H and O–H groups in total. The molecule has 2 heterocycles. The van der Waals surface area contributed by atoms with Crippen molar-refractivity contribution in [3.63, 3.8) is 0 Å². The molecule has 1 aliphatic heterocycles. The molecule has 314 valence electrons. The molecule has 10 aromatic carbocycles. The molecule has 0 saturated heterocycles. The summed E-state index contributed by atoms with van der Waals surface area (Å²) in [6.07, 6.45) is 0. The first-order chi connectivity index (χ1) is 32.3. The highest BCUT2D eigenvalue weighted by molar-refractivity contribution is 6.21. The molecule has 12 rings (SSSR count). The van der Waals surface area contributed by atoms with E-state index in [-0.39, 0.29) is 5.41 Å². The summed E-state index contributed by atoms with van der Waals surface area (Å²) in [5.74, 6) is 0.730. The van der Waals surface area contributed by atoms with E-state index in [2.05, 4.69) is 245 Å². The van der Waals surface area contributed by atoms with Gasteiger partial charge in [-0.3, -0.25) is 0 Å². The Morgan fingerprint density at radius 3 is 1.32 bits per heavy atom. The molecule has 11 aromatic rings. The Morgan fingerprint density at radius 1 is 0.364 bits per heavy atom. The highest BCUT2D eigenvalue weighted by Crippen LogP contribution is 2.55. The number of anilines is 3. The minimum atomic E-state index is -0.260. The maximum Gasteiger partial charge on any atom is 0.161 e. The van der Waals surface area contributed by atoms with Gasteiger partial charge < -0.3 is 4.90 Å². The summed E-state index contributed by atoms with van der Waals surface area (Å²) in [6, 6.07) is 77.2. The predicted molar refractivity (Wildman–Crippen MR) is 278 cm³/mol. The Labute approximate surface area is 386 Å². The first-order valence-corrected chi connectivity index (χ1v) is 22.9. The molecule has 3 nitrogen and oxygen atoms in total. The van der Waals surface area contributed by atoms with Crippen molar-refractivity contribution in [3.8, 4) is 55.9 Å². The quantitative estimate of drug-likeness (QED) is 0.156. The lowest BCUT2D eigenvalue weighted by Crippen LogP contribution is -2.31. The van der Waals surface area contributed by atoms with Crippen LogP contribution in [0.1, 0.15) is 36.4 Å². The Hall–Kier alpha value is -8.14.